The van der Waals surface area contributed by atoms with Crippen LogP contribution in [-0.4, -0.2) is 5.91 Å². The van der Waals surface area contributed by atoms with Gasteiger partial charge in [0.15, 0.2) is 0 Å². The van der Waals surface area contributed by atoms with E-state index >= 15 is 0 Å². The van der Waals surface area contributed by atoms with Crippen LogP contribution in [-0.2, 0) is 6.42 Å². The third-order valence-corrected chi connectivity index (χ3v) is 4.82. The van der Waals surface area contributed by atoms with Crippen LogP contribution in [0.5, 0.6) is 0 Å². The third kappa shape index (κ3) is 2.80. The number of hydrogen-bond donors (Lipinski definition) is 1. The number of carbonyl (C=O) groups excluding carboxylic acids is 1. The smallest absolute Gasteiger partial charge is 0.336 e. The number of fused-ring (bicyclic) bond motifs is 1. The first kappa shape index (κ1) is 14.5. The van der Waals surface area contributed by atoms with Gasteiger partial charge in [0.2, 0.25) is 0 Å². The van der Waals surface area contributed by atoms with Crippen LogP contribution in [0.4, 0.5) is 5.69 Å². The first-order chi connectivity index (χ1) is 10.6. The summed E-state index contributed by atoms with van der Waals surface area (Å²) in [5.41, 5.74) is 1.95. The summed E-state index contributed by atoms with van der Waals surface area (Å²) in [6, 6.07) is 10.2. The minimum absolute atomic E-state index is 0.121. The lowest BCUT2D eigenvalue weighted by molar-refractivity contribution is 0.103. The second kappa shape index (κ2) is 5.77. The molecule has 0 aliphatic heterocycles. The number of rotatable bonds is 3. The van der Waals surface area contributed by atoms with Gasteiger partial charge in [-0.2, -0.15) is 0 Å². The number of amides is 1. The van der Waals surface area contributed by atoms with Crippen LogP contribution in [0, 0.1) is 6.92 Å². The molecule has 0 fully saturated rings. The molecule has 2 aromatic heterocycles. The van der Waals surface area contributed by atoms with Gasteiger partial charge in [-0.3, -0.25) is 4.79 Å². The van der Waals surface area contributed by atoms with E-state index < -0.39 is 0 Å². The quantitative estimate of drug-likeness (QED) is 0.744. The minimum atomic E-state index is -0.384. The predicted molar refractivity (Wildman–Crippen MR) is 88.9 cm³/mol. The van der Waals surface area contributed by atoms with Gasteiger partial charge in [-0.25, -0.2) is 4.79 Å². The van der Waals surface area contributed by atoms with Gasteiger partial charge in [-0.15, -0.1) is 11.3 Å². The zero-order chi connectivity index (χ0) is 15.7. The zero-order valence-corrected chi connectivity index (χ0v) is 13.1. The molecule has 5 heteroatoms. The molecule has 0 atom stereocenters. The van der Waals surface area contributed by atoms with Crippen molar-refractivity contribution in [3.63, 3.8) is 0 Å². The molecular weight excluding hydrogens is 298 g/mol. The van der Waals surface area contributed by atoms with E-state index in [4.69, 9.17) is 4.42 Å². The Morgan fingerprint density at radius 1 is 1.23 bits per heavy atom. The standard InChI is InChI=1S/C17H15NO3S/c1-3-14-10(2)8-15(22-14)17(20)18-12-5-6-13-11(9-12)4-7-16(19)21-13/h4-9H,3H2,1-2H3,(H,18,20). The number of carbonyl (C=O) groups is 1. The number of nitrogens with one attached hydrogen (secondary N) is 1. The highest BCUT2D eigenvalue weighted by molar-refractivity contribution is 7.14. The fraction of sp³-hybridized carbons (Fsp3) is 0.176. The Hall–Kier alpha value is -2.40. The van der Waals surface area contributed by atoms with Crippen molar-refractivity contribution in [1.29, 1.82) is 0 Å². The maximum absolute atomic E-state index is 12.3. The van der Waals surface area contributed by atoms with Gasteiger partial charge in [0.05, 0.1) is 4.88 Å². The van der Waals surface area contributed by atoms with Crippen LogP contribution >= 0.6 is 11.3 Å². The van der Waals surface area contributed by atoms with Crippen molar-refractivity contribution in [3.05, 3.63) is 62.1 Å². The minimum Gasteiger partial charge on any atom is -0.423 e. The summed E-state index contributed by atoms with van der Waals surface area (Å²) >= 11 is 1.52. The van der Waals surface area contributed by atoms with Crippen molar-refractivity contribution >= 4 is 33.9 Å². The first-order valence-corrected chi connectivity index (χ1v) is 7.83. The highest BCUT2D eigenvalue weighted by Crippen LogP contribution is 2.24. The Bertz CT molecular complexity index is 908. The molecule has 112 valence electrons. The number of benzene rings is 1. The van der Waals surface area contributed by atoms with Gasteiger partial charge in [-0.1, -0.05) is 6.92 Å². The Labute approximate surface area is 131 Å². The van der Waals surface area contributed by atoms with Crippen LogP contribution in [0.15, 0.2) is 45.6 Å². The second-order valence-electron chi connectivity index (χ2n) is 5.03. The summed E-state index contributed by atoms with van der Waals surface area (Å²) in [6.07, 6.45) is 0.929. The van der Waals surface area contributed by atoms with Crippen LogP contribution < -0.4 is 10.9 Å². The molecule has 0 spiro atoms. The number of thiophene rings is 1. The highest BCUT2D eigenvalue weighted by Gasteiger charge is 2.12. The largest absolute Gasteiger partial charge is 0.423 e. The van der Waals surface area contributed by atoms with Crippen LogP contribution in [0.25, 0.3) is 11.0 Å². The molecule has 1 N–H and O–H groups in total. The molecule has 1 amide bonds. The molecule has 1 aromatic carbocycles. The molecule has 0 saturated heterocycles. The van der Waals surface area contributed by atoms with E-state index in [1.807, 2.05) is 13.0 Å². The van der Waals surface area contributed by atoms with Gasteiger partial charge < -0.3 is 9.73 Å². The molecule has 3 aromatic rings. The summed E-state index contributed by atoms with van der Waals surface area (Å²) in [7, 11) is 0. The van der Waals surface area contributed by atoms with Crippen molar-refractivity contribution < 1.29 is 9.21 Å². The molecule has 0 bridgehead atoms. The third-order valence-electron chi connectivity index (χ3n) is 3.44. The predicted octanol–water partition coefficient (Wildman–Crippen LogP) is 3.98. The molecular formula is C17H15NO3S. The summed E-state index contributed by atoms with van der Waals surface area (Å²) in [5, 5.41) is 3.65. The van der Waals surface area contributed by atoms with Crippen LogP contribution in [0.3, 0.4) is 0 Å². The molecule has 0 saturated carbocycles. The molecule has 2 heterocycles. The molecule has 0 aliphatic carbocycles. The lowest BCUT2D eigenvalue weighted by atomic mass is 10.2. The molecule has 0 radical (unpaired) electrons. The van der Waals surface area contributed by atoms with Crippen LogP contribution in [0.2, 0.25) is 0 Å². The van der Waals surface area contributed by atoms with E-state index in [1.165, 1.54) is 22.3 Å². The topological polar surface area (TPSA) is 59.3 Å². The molecule has 4 nitrogen and oxygen atoms in total. The van der Waals surface area contributed by atoms with E-state index in [0.717, 1.165) is 17.4 Å². The van der Waals surface area contributed by atoms with Gasteiger partial charge in [0.25, 0.3) is 5.91 Å². The Balaban J connectivity index is 1.87. The Morgan fingerprint density at radius 3 is 2.77 bits per heavy atom. The maximum Gasteiger partial charge on any atom is 0.336 e. The maximum atomic E-state index is 12.3. The van der Waals surface area contributed by atoms with Gasteiger partial charge >= 0.3 is 5.63 Å². The fourth-order valence-corrected chi connectivity index (χ4v) is 3.33. The average Bonchev–Trinajstić information content (AvgIpc) is 2.88. The highest BCUT2D eigenvalue weighted by atomic mass is 32.1. The van der Waals surface area contributed by atoms with Crippen molar-refractivity contribution in [2.24, 2.45) is 0 Å². The SMILES string of the molecule is CCc1sc(C(=O)Nc2ccc3oc(=O)ccc3c2)cc1C. The Kier molecular flexibility index (Phi) is 3.81. The second-order valence-corrected chi connectivity index (χ2v) is 6.17. The average molecular weight is 313 g/mol. The van der Waals surface area contributed by atoms with Gasteiger partial charge in [-0.05, 0) is 49.2 Å². The number of aryl methyl sites for hydroxylation is 2. The summed E-state index contributed by atoms with van der Waals surface area (Å²) in [5.74, 6) is -0.121. The summed E-state index contributed by atoms with van der Waals surface area (Å²) in [4.78, 5) is 25.4. The normalized spacial score (nSPS) is 10.8. The lowest BCUT2D eigenvalue weighted by Crippen LogP contribution is -2.10. The lowest BCUT2D eigenvalue weighted by Gasteiger charge is -2.04. The van der Waals surface area contributed by atoms with E-state index in [1.54, 1.807) is 24.3 Å². The van der Waals surface area contributed by atoms with Crippen LogP contribution in [0.1, 0.15) is 27.0 Å². The van der Waals surface area contributed by atoms with E-state index in [0.29, 0.717) is 16.1 Å². The van der Waals surface area contributed by atoms with Crippen molar-refractivity contribution in [2.75, 3.05) is 5.32 Å². The fourth-order valence-electron chi connectivity index (χ4n) is 2.33. The first-order valence-electron chi connectivity index (χ1n) is 7.01. The molecule has 3 rings (SSSR count). The number of hydrogen-bond acceptors (Lipinski definition) is 4. The van der Waals surface area contributed by atoms with Crippen molar-refractivity contribution in [1.82, 2.24) is 0 Å². The Morgan fingerprint density at radius 2 is 2.05 bits per heavy atom. The van der Waals surface area contributed by atoms with Gasteiger partial charge in [0, 0.05) is 22.0 Å². The summed E-state index contributed by atoms with van der Waals surface area (Å²) < 4.78 is 5.07. The molecule has 0 aliphatic rings. The molecule has 0 unspecified atom stereocenters. The zero-order valence-electron chi connectivity index (χ0n) is 12.3. The van der Waals surface area contributed by atoms with Gasteiger partial charge in [0.1, 0.15) is 5.58 Å². The van der Waals surface area contributed by atoms with E-state index in [9.17, 15) is 9.59 Å². The van der Waals surface area contributed by atoms with Crippen molar-refractivity contribution in [3.8, 4) is 0 Å². The van der Waals surface area contributed by atoms with E-state index in [2.05, 4.69) is 12.2 Å². The number of anilines is 1. The van der Waals surface area contributed by atoms with E-state index in [-0.39, 0.29) is 11.5 Å². The molecule has 22 heavy (non-hydrogen) atoms. The monoisotopic (exact) mass is 313 g/mol. The van der Waals surface area contributed by atoms with Crippen molar-refractivity contribution in [2.45, 2.75) is 20.3 Å². The summed E-state index contributed by atoms with van der Waals surface area (Å²) in [6.45, 7) is 4.10.